The molecule has 24 heavy (non-hydrogen) atoms. The lowest BCUT2D eigenvalue weighted by Crippen LogP contribution is -2.42. The van der Waals surface area contributed by atoms with Gasteiger partial charge in [-0.2, -0.15) is 0 Å². The number of hydrogen-bond acceptors (Lipinski definition) is 4. The zero-order chi connectivity index (χ0) is 17.5. The Morgan fingerprint density at radius 3 is 2.92 bits per heavy atom. The van der Waals surface area contributed by atoms with Crippen molar-refractivity contribution in [3.8, 4) is 5.75 Å². The Balaban J connectivity index is 1.84. The molecule has 1 atom stereocenters. The third kappa shape index (κ3) is 5.49. The Hall–Kier alpha value is -2.15. The molecule has 0 fully saturated rings. The zero-order valence-corrected chi connectivity index (χ0v) is 15.2. The minimum atomic E-state index is -0.304. The first-order valence-electron chi connectivity index (χ1n) is 7.73. The van der Waals surface area contributed by atoms with Crippen molar-refractivity contribution in [1.82, 2.24) is 15.2 Å². The summed E-state index contributed by atoms with van der Waals surface area (Å²) in [5, 5.41) is 6.37. The van der Waals surface area contributed by atoms with Crippen LogP contribution in [0.3, 0.4) is 0 Å². The molecule has 1 N–H and O–H groups in total. The number of aromatic nitrogens is 1. The van der Waals surface area contributed by atoms with Crippen LogP contribution in [0.1, 0.15) is 17.6 Å². The number of aliphatic imine (C=N–C) groups is 1. The van der Waals surface area contributed by atoms with Gasteiger partial charge in [-0.15, -0.1) is 11.3 Å². The van der Waals surface area contributed by atoms with Crippen LogP contribution in [0, 0.1) is 12.7 Å². The molecule has 2 rings (SSSR count). The Bertz CT molecular complexity index is 689. The van der Waals surface area contributed by atoms with Crippen molar-refractivity contribution >= 4 is 17.3 Å². The number of nitrogens with zero attached hydrogens (tertiary/aromatic N) is 3. The van der Waals surface area contributed by atoms with E-state index in [1.807, 2.05) is 25.8 Å². The van der Waals surface area contributed by atoms with Crippen LogP contribution in [-0.2, 0) is 6.54 Å². The SMILES string of the molecule is CN=C(NCC(C)Oc1cccc(F)c1)N(C)Cc1csc(C)n1. The van der Waals surface area contributed by atoms with E-state index in [1.54, 1.807) is 30.5 Å². The van der Waals surface area contributed by atoms with E-state index in [0.29, 0.717) is 18.8 Å². The van der Waals surface area contributed by atoms with Crippen LogP contribution >= 0.6 is 11.3 Å². The van der Waals surface area contributed by atoms with Gasteiger partial charge in [0.05, 0.1) is 23.8 Å². The van der Waals surface area contributed by atoms with E-state index >= 15 is 0 Å². The molecule has 0 spiro atoms. The van der Waals surface area contributed by atoms with Gasteiger partial charge >= 0.3 is 0 Å². The first-order chi connectivity index (χ1) is 11.5. The fourth-order valence-corrected chi connectivity index (χ4v) is 2.84. The number of benzene rings is 1. The predicted molar refractivity (Wildman–Crippen MR) is 96.2 cm³/mol. The molecule has 0 radical (unpaired) electrons. The third-order valence-corrected chi connectivity index (χ3v) is 4.14. The van der Waals surface area contributed by atoms with Gasteiger partial charge < -0.3 is 15.0 Å². The Morgan fingerprint density at radius 1 is 1.50 bits per heavy atom. The van der Waals surface area contributed by atoms with Gasteiger partial charge in [-0.05, 0) is 26.0 Å². The Kier molecular flexibility index (Phi) is 6.54. The number of thiazole rings is 1. The van der Waals surface area contributed by atoms with E-state index in [4.69, 9.17) is 4.74 Å². The van der Waals surface area contributed by atoms with Gasteiger partial charge in [0.1, 0.15) is 17.7 Å². The molecular formula is C17H23FN4OS. The van der Waals surface area contributed by atoms with Gasteiger partial charge in [-0.3, -0.25) is 4.99 Å². The Labute approximate surface area is 146 Å². The zero-order valence-electron chi connectivity index (χ0n) is 14.4. The number of halogens is 1. The van der Waals surface area contributed by atoms with Gasteiger partial charge in [0.15, 0.2) is 5.96 Å². The highest BCUT2D eigenvalue weighted by Gasteiger charge is 2.11. The monoisotopic (exact) mass is 350 g/mol. The molecule has 2 aromatic rings. The summed E-state index contributed by atoms with van der Waals surface area (Å²) in [5.41, 5.74) is 1.02. The smallest absolute Gasteiger partial charge is 0.193 e. The van der Waals surface area contributed by atoms with Crippen molar-refractivity contribution in [1.29, 1.82) is 0 Å². The van der Waals surface area contributed by atoms with Gasteiger partial charge in [-0.25, -0.2) is 9.37 Å². The highest BCUT2D eigenvalue weighted by atomic mass is 32.1. The summed E-state index contributed by atoms with van der Waals surface area (Å²) in [5.74, 6) is 0.975. The van der Waals surface area contributed by atoms with Crippen LogP contribution < -0.4 is 10.1 Å². The third-order valence-electron chi connectivity index (χ3n) is 3.32. The molecular weight excluding hydrogens is 327 g/mol. The molecule has 1 aromatic heterocycles. The van der Waals surface area contributed by atoms with E-state index in [0.717, 1.165) is 16.7 Å². The molecule has 0 aliphatic heterocycles. The van der Waals surface area contributed by atoms with Gasteiger partial charge in [0.2, 0.25) is 0 Å². The second-order valence-corrected chi connectivity index (χ2v) is 6.59. The molecule has 1 heterocycles. The first-order valence-corrected chi connectivity index (χ1v) is 8.61. The molecule has 130 valence electrons. The lowest BCUT2D eigenvalue weighted by Gasteiger charge is -2.23. The summed E-state index contributed by atoms with van der Waals surface area (Å²) in [6.45, 7) is 5.16. The highest BCUT2D eigenvalue weighted by Crippen LogP contribution is 2.13. The number of guanidine groups is 1. The van der Waals surface area contributed by atoms with E-state index < -0.39 is 0 Å². The molecule has 0 bridgehead atoms. The number of ether oxygens (including phenoxy) is 1. The molecule has 1 unspecified atom stereocenters. The van der Waals surface area contributed by atoms with Crippen molar-refractivity contribution in [3.63, 3.8) is 0 Å². The molecule has 7 heteroatoms. The number of rotatable bonds is 6. The van der Waals surface area contributed by atoms with Gasteiger partial charge in [0.25, 0.3) is 0 Å². The molecule has 1 aromatic carbocycles. The standard InChI is InChI=1S/C17H23FN4OS/c1-12(23-16-7-5-6-14(18)8-16)9-20-17(19-3)22(4)10-15-11-24-13(2)21-15/h5-8,11-12H,9-10H2,1-4H3,(H,19,20). The van der Waals surface area contributed by atoms with Crippen LogP contribution in [0.15, 0.2) is 34.6 Å². The summed E-state index contributed by atoms with van der Waals surface area (Å²) in [7, 11) is 3.70. The lowest BCUT2D eigenvalue weighted by molar-refractivity contribution is 0.221. The predicted octanol–water partition coefficient (Wildman–Crippen LogP) is 3.07. The maximum atomic E-state index is 13.2. The van der Waals surface area contributed by atoms with E-state index in [9.17, 15) is 4.39 Å². The van der Waals surface area contributed by atoms with E-state index in [-0.39, 0.29) is 11.9 Å². The minimum Gasteiger partial charge on any atom is -0.489 e. The fourth-order valence-electron chi connectivity index (χ4n) is 2.23. The van der Waals surface area contributed by atoms with Crippen molar-refractivity contribution in [2.75, 3.05) is 20.6 Å². The second kappa shape index (κ2) is 8.63. The lowest BCUT2D eigenvalue weighted by atomic mass is 10.3. The average molecular weight is 350 g/mol. The normalized spacial score (nSPS) is 12.8. The second-order valence-electron chi connectivity index (χ2n) is 5.53. The maximum absolute atomic E-state index is 13.2. The summed E-state index contributed by atoms with van der Waals surface area (Å²) < 4.78 is 18.9. The summed E-state index contributed by atoms with van der Waals surface area (Å²) >= 11 is 1.64. The number of aryl methyl sites for hydroxylation is 1. The topological polar surface area (TPSA) is 49.8 Å². The summed E-state index contributed by atoms with van der Waals surface area (Å²) in [6.07, 6.45) is -0.126. The summed E-state index contributed by atoms with van der Waals surface area (Å²) in [6, 6.07) is 6.15. The van der Waals surface area contributed by atoms with Crippen LogP contribution in [0.5, 0.6) is 5.75 Å². The maximum Gasteiger partial charge on any atom is 0.193 e. The largest absolute Gasteiger partial charge is 0.489 e. The number of nitrogens with one attached hydrogen (secondary N) is 1. The molecule has 0 saturated carbocycles. The molecule has 5 nitrogen and oxygen atoms in total. The summed E-state index contributed by atoms with van der Waals surface area (Å²) in [4.78, 5) is 10.7. The van der Waals surface area contributed by atoms with Crippen molar-refractivity contribution < 1.29 is 9.13 Å². The highest BCUT2D eigenvalue weighted by molar-refractivity contribution is 7.09. The Morgan fingerprint density at radius 2 is 2.29 bits per heavy atom. The van der Waals surface area contributed by atoms with Crippen molar-refractivity contribution in [2.24, 2.45) is 4.99 Å². The first kappa shape index (κ1) is 18.2. The van der Waals surface area contributed by atoms with E-state index in [2.05, 4.69) is 20.7 Å². The number of hydrogen-bond donors (Lipinski definition) is 1. The van der Waals surface area contributed by atoms with Crippen LogP contribution in [0.25, 0.3) is 0 Å². The van der Waals surface area contributed by atoms with E-state index in [1.165, 1.54) is 12.1 Å². The minimum absolute atomic E-state index is 0.126. The van der Waals surface area contributed by atoms with Crippen molar-refractivity contribution in [2.45, 2.75) is 26.5 Å². The molecule has 0 aliphatic rings. The quantitative estimate of drug-likeness (QED) is 0.643. The van der Waals surface area contributed by atoms with Crippen molar-refractivity contribution in [3.05, 3.63) is 46.2 Å². The van der Waals surface area contributed by atoms with Crippen LogP contribution in [0.2, 0.25) is 0 Å². The van der Waals surface area contributed by atoms with Crippen LogP contribution in [0.4, 0.5) is 4.39 Å². The fraction of sp³-hybridized carbons (Fsp3) is 0.412. The van der Waals surface area contributed by atoms with Gasteiger partial charge in [-0.1, -0.05) is 6.07 Å². The molecule has 0 saturated heterocycles. The van der Waals surface area contributed by atoms with Gasteiger partial charge in [0, 0.05) is 25.5 Å². The average Bonchev–Trinajstić information content (AvgIpc) is 2.93. The molecule has 0 aliphatic carbocycles. The van der Waals surface area contributed by atoms with Crippen LogP contribution in [-0.4, -0.2) is 42.6 Å². The molecule has 0 amide bonds.